The number of hydrogen-bond donors (Lipinski definition) is 4. The zero-order chi connectivity index (χ0) is 26.6. The number of nitrogens with one attached hydrogen (secondary N) is 4. The first-order chi connectivity index (χ1) is 18.4. The van der Waals surface area contributed by atoms with Gasteiger partial charge in [-0.3, -0.25) is 24.5 Å². The van der Waals surface area contributed by atoms with Crippen molar-refractivity contribution in [1.82, 2.24) is 20.2 Å². The Bertz CT molecular complexity index is 1410. The van der Waals surface area contributed by atoms with Crippen molar-refractivity contribution in [1.29, 1.82) is 0 Å². The number of methoxy groups -OCH3 is 1. The third-order valence-electron chi connectivity index (χ3n) is 6.29. The van der Waals surface area contributed by atoms with Crippen LogP contribution in [0.5, 0.6) is 5.75 Å². The number of amides is 4. The minimum Gasteiger partial charge on any atom is -0.497 e. The lowest BCUT2D eigenvalue weighted by molar-refractivity contribution is -0.137. The van der Waals surface area contributed by atoms with E-state index >= 15 is 0 Å². The minimum atomic E-state index is -0.726. The first-order valence-electron chi connectivity index (χ1n) is 12.0. The van der Waals surface area contributed by atoms with Gasteiger partial charge in [0.25, 0.3) is 5.91 Å². The molecular weight excluding hydrogens is 490 g/mol. The van der Waals surface area contributed by atoms with Crippen molar-refractivity contribution in [2.75, 3.05) is 29.6 Å². The number of carbonyl (C=O) groups excluding carboxylic acids is 4. The second-order valence-corrected chi connectivity index (χ2v) is 8.75. The van der Waals surface area contributed by atoms with Crippen LogP contribution in [-0.2, 0) is 20.9 Å². The van der Waals surface area contributed by atoms with Gasteiger partial charge < -0.3 is 25.6 Å². The van der Waals surface area contributed by atoms with Gasteiger partial charge in [-0.15, -0.1) is 0 Å². The van der Waals surface area contributed by atoms with Crippen molar-refractivity contribution in [2.24, 2.45) is 0 Å². The SMILES string of the molecule is COc1ccc(Nc2nccc(NCC(=O)Nc3cccc4c3CN(C3CCC(=O)NC3=O)C4=O)n2)cc1. The molecule has 0 radical (unpaired) electrons. The number of nitrogens with zero attached hydrogens (tertiary/aromatic N) is 3. The molecule has 5 rings (SSSR count). The van der Waals surface area contributed by atoms with E-state index in [4.69, 9.17) is 4.74 Å². The van der Waals surface area contributed by atoms with Crippen molar-refractivity contribution in [3.8, 4) is 5.75 Å². The lowest BCUT2D eigenvalue weighted by Gasteiger charge is -2.29. The Morgan fingerprint density at radius 1 is 1.13 bits per heavy atom. The predicted octanol–water partition coefficient (Wildman–Crippen LogP) is 2.04. The Labute approximate surface area is 217 Å². The zero-order valence-electron chi connectivity index (χ0n) is 20.5. The molecule has 1 aromatic heterocycles. The predicted molar refractivity (Wildman–Crippen MR) is 138 cm³/mol. The number of ether oxygens (including phenoxy) is 1. The Hall–Kier alpha value is -5.00. The molecule has 0 saturated carbocycles. The molecule has 12 nitrogen and oxygen atoms in total. The first-order valence-corrected chi connectivity index (χ1v) is 12.0. The highest BCUT2D eigenvalue weighted by atomic mass is 16.5. The molecule has 0 spiro atoms. The summed E-state index contributed by atoms with van der Waals surface area (Å²) < 4.78 is 5.15. The number of aromatic nitrogens is 2. The number of hydrogen-bond acceptors (Lipinski definition) is 9. The number of benzene rings is 2. The maximum atomic E-state index is 13.0. The Morgan fingerprint density at radius 3 is 2.71 bits per heavy atom. The third-order valence-corrected chi connectivity index (χ3v) is 6.29. The standard InChI is InChI=1S/C26H25N7O5/c1-38-16-7-5-15(6-8-16)29-26-27-12-11-21(31-26)28-13-23(35)30-19-4-2-3-17-18(19)14-33(25(17)37)20-9-10-22(34)32-24(20)36/h2-8,11-12,20H,9-10,13-14H2,1H3,(H,30,35)(H,32,34,36)(H2,27,28,29,31). The van der Waals surface area contributed by atoms with Crippen LogP contribution in [0.4, 0.5) is 23.1 Å². The van der Waals surface area contributed by atoms with E-state index in [9.17, 15) is 19.2 Å². The highest BCUT2D eigenvalue weighted by Gasteiger charge is 2.39. The average molecular weight is 516 g/mol. The Morgan fingerprint density at radius 2 is 1.95 bits per heavy atom. The summed E-state index contributed by atoms with van der Waals surface area (Å²) in [4.78, 5) is 59.5. The van der Waals surface area contributed by atoms with Crippen LogP contribution in [0, 0.1) is 0 Å². The zero-order valence-corrected chi connectivity index (χ0v) is 20.5. The molecule has 2 aliphatic heterocycles. The maximum absolute atomic E-state index is 13.0. The maximum Gasteiger partial charge on any atom is 0.255 e. The summed E-state index contributed by atoms with van der Waals surface area (Å²) in [7, 11) is 1.59. The van der Waals surface area contributed by atoms with Gasteiger partial charge in [-0.05, 0) is 48.9 Å². The quantitative estimate of drug-likeness (QED) is 0.330. The summed E-state index contributed by atoms with van der Waals surface area (Å²) >= 11 is 0. The van der Waals surface area contributed by atoms with Crippen molar-refractivity contribution in [3.63, 3.8) is 0 Å². The molecule has 0 aliphatic carbocycles. The molecule has 4 amide bonds. The van der Waals surface area contributed by atoms with E-state index in [-0.39, 0.29) is 43.7 Å². The second kappa shape index (κ2) is 10.5. The van der Waals surface area contributed by atoms with Gasteiger partial charge in [-0.25, -0.2) is 4.98 Å². The minimum absolute atomic E-state index is 0.0759. The lowest BCUT2D eigenvalue weighted by Crippen LogP contribution is -2.52. The lowest BCUT2D eigenvalue weighted by atomic mass is 10.0. The van der Waals surface area contributed by atoms with Crippen molar-refractivity contribution in [2.45, 2.75) is 25.4 Å². The summed E-state index contributed by atoms with van der Waals surface area (Å²) in [6.45, 7) is 0.0874. The Balaban J connectivity index is 1.20. The van der Waals surface area contributed by atoms with Crippen LogP contribution in [0.3, 0.4) is 0 Å². The first kappa shape index (κ1) is 24.7. The molecular formula is C26H25N7O5. The van der Waals surface area contributed by atoms with Crippen LogP contribution in [0.2, 0.25) is 0 Å². The van der Waals surface area contributed by atoms with Gasteiger partial charge in [0.2, 0.25) is 23.7 Å². The fourth-order valence-corrected chi connectivity index (χ4v) is 4.39. The summed E-state index contributed by atoms with van der Waals surface area (Å²) in [5.74, 6) is 0.0634. The Kier molecular flexibility index (Phi) is 6.85. The van der Waals surface area contributed by atoms with Crippen LogP contribution in [0.15, 0.2) is 54.7 Å². The summed E-state index contributed by atoms with van der Waals surface area (Å²) in [6.07, 6.45) is 2.01. The molecule has 1 fully saturated rings. The molecule has 4 N–H and O–H groups in total. The molecule has 2 aliphatic rings. The number of carbonyl (C=O) groups is 4. The van der Waals surface area contributed by atoms with Crippen LogP contribution in [0.1, 0.15) is 28.8 Å². The van der Waals surface area contributed by atoms with Crippen LogP contribution in [0.25, 0.3) is 0 Å². The average Bonchev–Trinajstić information content (AvgIpc) is 3.25. The molecule has 0 bridgehead atoms. The normalized spacial score (nSPS) is 16.5. The van der Waals surface area contributed by atoms with Gasteiger partial charge in [-0.2, -0.15) is 4.98 Å². The second-order valence-electron chi connectivity index (χ2n) is 8.75. The van der Waals surface area contributed by atoms with E-state index in [0.717, 1.165) is 11.4 Å². The molecule has 12 heteroatoms. The van der Waals surface area contributed by atoms with Crippen LogP contribution >= 0.6 is 0 Å². The smallest absolute Gasteiger partial charge is 0.255 e. The summed E-state index contributed by atoms with van der Waals surface area (Å²) in [5.41, 5.74) is 2.32. The van der Waals surface area contributed by atoms with E-state index in [1.165, 1.54) is 4.90 Å². The van der Waals surface area contributed by atoms with E-state index in [1.54, 1.807) is 37.6 Å². The highest BCUT2D eigenvalue weighted by molar-refractivity contribution is 6.07. The van der Waals surface area contributed by atoms with Crippen LogP contribution in [-0.4, -0.2) is 58.2 Å². The summed E-state index contributed by atoms with van der Waals surface area (Å²) in [5, 5.41) is 11.2. The third kappa shape index (κ3) is 5.24. The monoisotopic (exact) mass is 515 g/mol. The van der Waals surface area contributed by atoms with E-state index in [2.05, 4.69) is 31.2 Å². The number of anilines is 4. The van der Waals surface area contributed by atoms with Gasteiger partial charge >= 0.3 is 0 Å². The molecule has 2 aromatic carbocycles. The van der Waals surface area contributed by atoms with Gasteiger partial charge in [0, 0.05) is 41.7 Å². The van der Waals surface area contributed by atoms with Crippen LogP contribution < -0.4 is 26.0 Å². The fraction of sp³-hybridized carbons (Fsp3) is 0.231. The number of rotatable bonds is 8. The molecule has 1 unspecified atom stereocenters. The summed E-state index contributed by atoms with van der Waals surface area (Å²) in [6, 6.07) is 13.3. The van der Waals surface area contributed by atoms with E-state index in [0.29, 0.717) is 28.6 Å². The highest BCUT2D eigenvalue weighted by Crippen LogP contribution is 2.32. The van der Waals surface area contributed by atoms with Crippen molar-refractivity contribution < 1.29 is 23.9 Å². The topological polar surface area (TPSA) is 155 Å². The molecule has 38 heavy (non-hydrogen) atoms. The molecule has 194 valence electrons. The number of piperidine rings is 1. The van der Waals surface area contributed by atoms with Crippen molar-refractivity contribution in [3.05, 3.63) is 65.9 Å². The van der Waals surface area contributed by atoms with E-state index < -0.39 is 11.9 Å². The van der Waals surface area contributed by atoms with E-state index in [1.807, 2.05) is 24.3 Å². The molecule has 3 heterocycles. The fourth-order valence-electron chi connectivity index (χ4n) is 4.39. The van der Waals surface area contributed by atoms with Gasteiger partial charge in [0.15, 0.2) is 0 Å². The van der Waals surface area contributed by atoms with Crippen molar-refractivity contribution >= 4 is 46.8 Å². The van der Waals surface area contributed by atoms with Gasteiger partial charge in [0.05, 0.1) is 13.7 Å². The molecule has 1 atom stereocenters. The molecule has 3 aromatic rings. The number of imide groups is 1. The molecule has 1 saturated heterocycles. The van der Waals surface area contributed by atoms with Gasteiger partial charge in [0.1, 0.15) is 17.6 Å². The van der Waals surface area contributed by atoms with Gasteiger partial charge in [-0.1, -0.05) is 6.07 Å². The number of fused-ring (bicyclic) bond motifs is 1. The largest absolute Gasteiger partial charge is 0.497 e.